The van der Waals surface area contributed by atoms with Crippen molar-refractivity contribution in [1.82, 2.24) is 4.90 Å². The lowest BCUT2D eigenvalue weighted by atomic mass is 9.90. The van der Waals surface area contributed by atoms with Crippen molar-refractivity contribution in [3.63, 3.8) is 0 Å². The van der Waals surface area contributed by atoms with Gasteiger partial charge in [-0.3, -0.25) is 10.1 Å². The van der Waals surface area contributed by atoms with E-state index in [4.69, 9.17) is 4.74 Å². The number of ether oxygens (including phenoxy) is 1. The second-order valence-corrected chi connectivity index (χ2v) is 8.17. The number of benzene rings is 1. The molecule has 2 fully saturated rings. The third-order valence-electron chi connectivity index (χ3n) is 5.61. The number of nitro groups is 1. The maximum Gasteiger partial charge on any atom is 0.292 e. The van der Waals surface area contributed by atoms with Crippen LogP contribution in [0.5, 0.6) is 0 Å². The molecule has 1 aliphatic heterocycles. The first-order valence-electron chi connectivity index (χ1n) is 9.63. The van der Waals surface area contributed by atoms with Crippen LogP contribution in [0, 0.1) is 10.1 Å². The van der Waals surface area contributed by atoms with Gasteiger partial charge in [-0.15, -0.1) is 0 Å². The largest absolute Gasteiger partial charge is 0.379 e. The molecule has 0 atom stereocenters. The van der Waals surface area contributed by atoms with E-state index in [1.165, 1.54) is 25.7 Å². The molecular weight excluding hydrogens is 398 g/mol. The van der Waals surface area contributed by atoms with Crippen molar-refractivity contribution in [3.05, 3.63) is 32.8 Å². The molecule has 0 spiro atoms. The lowest BCUT2D eigenvalue weighted by molar-refractivity contribution is -0.384. The Bertz CT molecular complexity index is 612. The van der Waals surface area contributed by atoms with E-state index in [0.29, 0.717) is 23.9 Å². The van der Waals surface area contributed by atoms with Crippen LogP contribution in [0.3, 0.4) is 0 Å². The van der Waals surface area contributed by atoms with Crippen LogP contribution in [0.2, 0.25) is 0 Å². The number of piperidine rings is 1. The molecule has 0 unspecified atom stereocenters. The zero-order valence-corrected chi connectivity index (χ0v) is 16.9. The van der Waals surface area contributed by atoms with Gasteiger partial charge in [-0.2, -0.15) is 0 Å². The molecule has 0 aromatic heterocycles. The fourth-order valence-corrected chi connectivity index (χ4v) is 4.59. The van der Waals surface area contributed by atoms with Crippen molar-refractivity contribution in [3.8, 4) is 0 Å². The molecule has 1 aromatic rings. The molecule has 7 heteroatoms. The van der Waals surface area contributed by atoms with Crippen LogP contribution in [0.4, 0.5) is 11.4 Å². The molecule has 1 aromatic carbocycles. The second kappa shape index (κ2) is 9.15. The van der Waals surface area contributed by atoms with E-state index in [2.05, 4.69) is 33.1 Å². The van der Waals surface area contributed by atoms with E-state index >= 15 is 0 Å². The smallest absolute Gasteiger partial charge is 0.292 e. The van der Waals surface area contributed by atoms with Crippen molar-refractivity contribution in [2.24, 2.45) is 0 Å². The Balaban J connectivity index is 1.50. The summed E-state index contributed by atoms with van der Waals surface area (Å²) in [4.78, 5) is 13.5. The fourth-order valence-electron chi connectivity index (χ4n) is 4.22. The molecule has 1 N–H and O–H groups in total. The van der Waals surface area contributed by atoms with E-state index in [1.54, 1.807) is 18.2 Å². The number of anilines is 1. The highest BCUT2D eigenvalue weighted by Crippen LogP contribution is 2.31. The van der Waals surface area contributed by atoms with Crippen molar-refractivity contribution in [2.45, 2.75) is 63.6 Å². The Morgan fingerprint density at radius 2 is 1.92 bits per heavy atom. The van der Waals surface area contributed by atoms with Gasteiger partial charge in [0.1, 0.15) is 5.69 Å². The van der Waals surface area contributed by atoms with Gasteiger partial charge in [0.2, 0.25) is 0 Å². The minimum Gasteiger partial charge on any atom is -0.379 e. The summed E-state index contributed by atoms with van der Waals surface area (Å²) in [6.07, 6.45) is 7.28. The van der Waals surface area contributed by atoms with Crippen molar-refractivity contribution < 1.29 is 9.66 Å². The lowest BCUT2D eigenvalue weighted by Gasteiger charge is -2.41. The highest BCUT2D eigenvalue weighted by Gasteiger charge is 2.29. The molecule has 1 saturated heterocycles. The van der Waals surface area contributed by atoms with E-state index in [0.717, 1.165) is 37.0 Å². The zero-order valence-electron chi connectivity index (χ0n) is 15.3. The van der Waals surface area contributed by atoms with E-state index in [1.807, 2.05) is 0 Å². The maximum absolute atomic E-state index is 11.2. The van der Waals surface area contributed by atoms with Crippen LogP contribution in [-0.4, -0.2) is 47.7 Å². The number of nitro benzene ring substituents is 1. The van der Waals surface area contributed by atoms with Crippen LogP contribution >= 0.6 is 15.9 Å². The van der Waals surface area contributed by atoms with E-state index < -0.39 is 0 Å². The summed E-state index contributed by atoms with van der Waals surface area (Å²) in [5.41, 5.74) is 0.755. The summed E-state index contributed by atoms with van der Waals surface area (Å²) in [6.45, 7) is 5.00. The summed E-state index contributed by atoms with van der Waals surface area (Å²) in [7, 11) is 0. The van der Waals surface area contributed by atoms with E-state index in [-0.39, 0.29) is 10.6 Å². The first-order valence-corrected chi connectivity index (χ1v) is 10.4. The lowest BCUT2D eigenvalue weighted by Crippen LogP contribution is -2.46. The average Bonchev–Trinajstić information content (AvgIpc) is 2.63. The second-order valence-electron chi connectivity index (χ2n) is 7.26. The average molecular weight is 426 g/mol. The first kappa shape index (κ1) is 19.6. The Labute approximate surface area is 163 Å². The molecule has 1 heterocycles. The number of nitrogens with one attached hydrogen (secondary N) is 1. The van der Waals surface area contributed by atoms with E-state index in [9.17, 15) is 10.1 Å². The minimum absolute atomic E-state index is 0.143. The predicted octanol–water partition coefficient (Wildman–Crippen LogP) is 4.58. The van der Waals surface area contributed by atoms with Gasteiger partial charge in [0, 0.05) is 42.3 Å². The zero-order chi connectivity index (χ0) is 18.5. The van der Waals surface area contributed by atoms with Crippen molar-refractivity contribution >= 4 is 27.3 Å². The summed E-state index contributed by atoms with van der Waals surface area (Å²) >= 11 is 3.41. The Kier molecular flexibility index (Phi) is 6.89. The van der Waals surface area contributed by atoms with Gasteiger partial charge in [-0.25, -0.2) is 0 Å². The number of rotatable bonds is 6. The number of nitrogens with zero attached hydrogens (tertiary/aromatic N) is 2. The number of hydrogen-bond acceptors (Lipinski definition) is 5. The Morgan fingerprint density at radius 3 is 2.54 bits per heavy atom. The topological polar surface area (TPSA) is 67.6 Å². The van der Waals surface area contributed by atoms with Gasteiger partial charge in [-0.05, 0) is 57.6 Å². The van der Waals surface area contributed by atoms with Gasteiger partial charge in [-0.1, -0.05) is 15.9 Å². The monoisotopic (exact) mass is 425 g/mol. The van der Waals surface area contributed by atoms with Crippen LogP contribution in [0.15, 0.2) is 22.7 Å². The summed E-state index contributed by atoms with van der Waals surface area (Å²) in [6, 6.07) is 6.04. The Morgan fingerprint density at radius 1 is 1.23 bits per heavy atom. The quantitative estimate of drug-likeness (QED) is 0.533. The van der Waals surface area contributed by atoms with Gasteiger partial charge in [0.25, 0.3) is 5.69 Å². The number of halogens is 1. The van der Waals surface area contributed by atoms with Gasteiger partial charge < -0.3 is 15.0 Å². The molecule has 3 rings (SSSR count). The van der Waals surface area contributed by atoms with Crippen molar-refractivity contribution in [2.75, 3.05) is 25.0 Å². The molecule has 1 saturated carbocycles. The van der Waals surface area contributed by atoms with Crippen LogP contribution in [-0.2, 0) is 4.74 Å². The summed E-state index contributed by atoms with van der Waals surface area (Å²) in [5.74, 6) is 0. The molecule has 26 heavy (non-hydrogen) atoms. The predicted molar refractivity (Wildman–Crippen MR) is 107 cm³/mol. The van der Waals surface area contributed by atoms with Crippen LogP contribution in [0.1, 0.15) is 45.4 Å². The molecular formula is C19H28BrN3O3. The van der Waals surface area contributed by atoms with Gasteiger partial charge in [0.15, 0.2) is 0 Å². The normalized spacial score (nSPS) is 25.2. The number of hydrogen-bond donors (Lipinski definition) is 1. The standard InChI is InChI=1S/C19H28BrN3O3/c1-2-26-17-6-4-16(5-7-17)22-11-9-15(10-12-22)21-18-13-14(20)3-8-19(18)23(24)25/h3,8,13,15-17,21H,2,4-7,9-12H2,1H3/t16-,17-. The highest BCUT2D eigenvalue weighted by molar-refractivity contribution is 9.10. The first-order chi connectivity index (χ1) is 12.6. The van der Waals surface area contributed by atoms with Crippen LogP contribution < -0.4 is 5.32 Å². The van der Waals surface area contributed by atoms with Gasteiger partial charge in [0.05, 0.1) is 11.0 Å². The summed E-state index contributed by atoms with van der Waals surface area (Å²) in [5, 5.41) is 14.6. The molecule has 0 amide bonds. The minimum atomic E-state index is -0.319. The molecule has 144 valence electrons. The van der Waals surface area contributed by atoms with Crippen molar-refractivity contribution in [1.29, 1.82) is 0 Å². The summed E-state index contributed by atoms with van der Waals surface area (Å²) < 4.78 is 6.61. The molecule has 0 radical (unpaired) electrons. The number of likely N-dealkylation sites (tertiary alicyclic amines) is 1. The fraction of sp³-hybridized carbons (Fsp3) is 0.684. The third-order valence-corrected chi connectivity index (χ3v) is 6.10. The molecule has 1 aliphatic carbocycles. The highest BCUT2D eigenvalue weighted by atomic mass is 79.9. The van der Waals surface area contributed by atoms with Crippen LogP contribution in [0.25, 0.3) is 0 Å². The molecule has 2 aliphatic rings. The molecule has 0 bridgehead atoms. The molecule has 6 nitrogen and oxygen atoms in total. The Hall–Kier alpha value is -1.18. The van der Waals surface area contributed by atoms with Gasteiger partial charge >= 0.3 is 0 Å². The third kappa shape index (κ3) is 4.96. The SMILES string of the molecule is CCO[C@H]1CC[C@H](N2CCC(Nc3cc(Br)ccc3[N+](=O)[O-])CC2)CC1. The maximum atomic E-state index is 11.2.